The summed E-state index contributed by atoms with van der Waals surface area (Å²) in [6.45, 7) is 3.62. The summed E-state index contributed by atoms with van der Waals surface area (Å²) in [4.78, 5) is 0. The van der Waals surface area contributed by atoms with Crippen molar-refractivity contribution in [1.29, 1.82) is 0 Å². The van der Waals surface area contributed by atoms with Gasteiger partial charge in [0.05, 0.1) is 7.11 Å². The number of ether oxygens (including phenoxy) is 1. The Balaban J connectivity index is 2.94. The van der Waals surface area contributed by atoms with Gasteiger partial charge >= 0.3 is 0 Å². The van der Waals surface area contributed by atoms with Crippen molar-refractivity contribution in [2.24, 2.45) is 5.84 Å². The van der Waals surface area contributed by atoms with Crippen molar-refractivity contribution in [2.75, 3.05) is 7.11 Å². The standard InChI is InChI=1S/C11H15FN2O/c1-3-4-10(14-13)8-5-6-11(15-2)9(12)7-8/h3,5-7,10,14H,1,4,13H2,2H3. The minimum absolute atomic E-state index is 0.122. The number of nitrogens with one attached hydrogen (secondary N) is 1. The van der Waals surface area contributed by atoms with Crippen molar-refractivity contribution in [2.45, 2.75) is 12.5 Å². The molecule has 1 atom stereocenters. The summed E-state index contributed by atoms with van der Waals surface area (Å²) >= 11 is 0. The second-order valence-corrected chi connectivity index (χ2v) is 3.14. The van der Waals surface area contributed by atoms with Crippen molar-refractivity contribution in [3.05, 3.63) is 42.2 Å². The fourth-order valence-corrected chi connectivity index (χ4v) is 1.37. The zero-order chi connectivity index (χ0) is 11.3. The third kappa shape index (κ3) is 2.78. The summed E-state index contributed by atoms with van der Waals surface area (Å²) in [5, 5.41) is 0. The summed E-state index contributed by atoms with van der Waals surface area (Å²) in [6, 6.07) is 4.64. The normalized spacial score (nSPS) is 12.2. The maximum atomic E-state index is 13.4. The van der Waals surface area contributed by atoms with E-state index in [0.29, 0.717) is 6.42 Å². The number of hydrogen-bond acceptors (Lipinski definition) is 3. The lowest BCUT2D eigenvalue weighted by atomic mass is 10.0. The molecular weight excluding hydrogens is 195 g/mol. The van der Waals surface area contributed by atoms with Crippen molar-refractivity contribution in [1.82, 2.24) is 5.43 Å². The zero-order valence-corrected chi connectivity index (χ0v) is 8.66. The molecule has 1 aromatic carbocycles. The van der Waals surface area contributed by atoms with Gasteiger partial charge in [0.2, 0.25) is 0 Å². The number of nitrogens with two attached hydrogens (primary N) is 1. The molecule has 0 amide bonds. The van der Waals surface area contributed by atoms with Crippen LogP contribution >= 0.6 is 0 Å². The molecular formula is C11H15FN2O. The van der Waals surface area contributed by atoms with Gasteiger partial charge in [0.25, 0.3) is 0 Å². The molecule has 4 heteroatoms. The van der Waals surface area contributed by atoms with E-state index in [9.17, 15) is 4.39 Å². The summed E-state index contributed by atoms with van der Waals surface area (Å²) in [5.41, 5.74) is 3.38. The van der Waals surface area contributed by atoms with Crippen molar-refractivity contribution in [3.8, 4) is 5.75 Å². The third-order valence-corrected chi connectivity index (χ3v) is 2.18. The van der Waals surface area contributed by atoms with Gasteiger partial charge in [-0.2, -0.15) is 0 Å². The maximum Gasteiger partial charge on any atom is 0.165 e. The average molecular weight is 210 g/mol. The third-order valence-electron chi connectivity index (χ3n) is 2.18. The minimum Gasteiger partial charge on any atom is -0.494 e. The van der Waals surface area contributed by atoms with Gasteiger partial charge in [-0.1, -0.05) is 12.1 Å². The van der Waals surface area contributed by atoms with Gasteiger partial charge in [-0.15, -0.1) is 6.58 Å². The molecule has 82 valence electrons. The van der Waals surface area contributed by atoms with Gasteiger partial charge in [-0.25, -0.2) is 4.39 Å². The fraction of sp³-hybridized carbons (Fsp3) is 0.273. The molecule has 3 nitrogen and oxygen atoms in total. The molecule has 15 heavy (non-hydrogen) atoms. The number of rotatable bonds is 5. The molecule has 1 rings (SSSR count). The predicted octanol–water partition coefficient (Wildman–Crippen LogP) is 1.91. The average Bonchev–Trinajstić information content (AvgIpc) is 2.25. The highest BCUT2D eigenvalue weighted by Crippen LogP contribution is 2.23. The Morgan fingerprint density at radius 3 is 2.87 bits per heavy atom. The molecule has 0 aromatic heterocycles. The van der Waals surface area contributed by atoms with Gasteiger partial charge in [-0.3, -0.25) is 11.3 Å². The highest BCUT2D eigenvalue weighted by Gasteiger charge is 2.10. The molecule has 1 unspecified atom stereocenters. The van der Waals surface area contributed by atoms with Gasteiger partial charge in [-0.05, 0) is 24.1 Å². The Labute approximate surface area is 88.7 Å². The molecule has 0 aliphatic rings. The van der Waals surface area contributed by atoms with Crippen LogP contribution in [0.2, 0.25) is 0 Å². The van der Waals surface area contributed by atoms with Gasteiger partial charge in [0.1, 0.15) is 0 Å². The SMILES string of the molecule is C=CCC(NN)c1ccc(OC)c(F)c1. The highest BCUT2D eigenvalue weighted by atomic mass is 19.1. The molecule has 0 radical (unpaired) electrons. The van der Waals surface area contributed by atoms with Gasteiger partial charge < -0.3 is 4.74 Å². The van der Waals surface area contributed by atoms with Crippen LogP contribution in [0.5, 0.6) is 5.75 Å². The quantitative estimate of drug-likeness (QED) is 0.443. The molecule has 0 heterocycles. The van der Waals surface area contributed by atoms with Crippen molar-refractivity contribution in [3.63, 3.8) is 0 Å². The zero-order valence-electron chi connectivity index (χ0n) is 8.66. The molecule has 0 saturated heterocycles. The smallest absolute Gasteiger partial charge is 0.165 e. The molecule has 1 aromatic rings. The van der Waals surface area contributed by atoms with E-state index in [4.69, 9.17) is 10.6 Å². The molecule has 0 saturated carbocycles. The molecule has 0 bridgehead atoms. The van der Waals surface area contributed by atoms with Crippen LogP contribution in [-0.2, 0) is 0 Å². The highest BCUT2D eigenvalue weighted by molar-refractivity contribution is 5.31. The van der Waals surface area contributed by atoms with Gasteiger partial charge in [0, 0.05) is 6.04 Å². The summed E-state index contributed by atoms with van der Waals surface area (Å²) in [5.74, 6) is 5.20. The second-order valence-electron chi connectivity index (χ2n) is 3.14. The van der Waals surface area contributed by atoms with Crippen LogP contribution in [0.25, 0.3) is 0 Å². The molecule has 3 N–H and O–H groups in total. The summed E-state index contributed by atoms with van der Waals surface area (Å²) in [7, 11) is 1.43. The molecule has 0 aliphatic carbocycles. The Bertz CT molecular complexity index is 341. The van der Waals surface area contributed by atoms with E-state index in [-0.39, 0.29) is 17.6 Å². The lowest BCUT2D eigenvalue weighted by Crippen LogP contribution is -2.27. The first kappa shape index (κ1) is 11.7. The number of methoxy groups -OCH3 is 1. The molecule has 0 fully saturated rings. The fourth-order valence-electron chi connectivity index (χ4n) is 1.37. The van der Waals surface area contributed by atoms with E-state index in [1.807, 2.05) is 0 Å². The summed E-state index contributed by atoms with van der Waals surface area (Å²) in [6.07, 6.45) is 2.37. The molecule has 0 spiro atoms. The van der Waals surface area contributed by atoms with E-state index in [1.54, 1.807) is 18.2 Å². The lowest BCUT2D eigenvalue weighted by molar-refractivity contribution is 0.385. The number of halogens is 1. The van der Waals surface area contributed by atoms with E-state index in [2.05, 4.69) is 12.0 Å². The second kappa shape index (κ2) is 5.48. The number of hydrogen-bond donors (Lipinski definition) is 2. The number of hydrazine groups is 1. The van der Waals surface area contributed by atoms with Gasteiger partial charge in [0.15, 0.2) is 11.6 Å². The van der Waals surface area contributed by atoms with Crippen molar-refractivity contribution >= 4 is 0 Å². The largest absolute Gasteiger partial charge is 0.494 e. The Morgan fingerprint density at radius 2 is 2.40 bits per heavy atom. The maximum absolute atomic E-state index is 13.4. The Hall–Kier alpha value is -1.39. The Kier molecular flexibility index (Phi) is 4.27. The van der Waals surface area contributed by atoms with E-state index < -0.39 is 0 Å². The van der Waals surface area contributed by atoms with Crippen LogP contribution in [-0.4, -0.2) is 7.11 Å². The van der Waals surface area contributed by atoms with Crippen LogP contribution < -0.4 is 16.0 Å². The van der Waals surface area contributed by atoms with Crippen LogP contribution in [0, 0.1) is 5.82 Å². The van der Waals surface area contributed by atoms with Crippen LogP contribution in [0.15, 0.2) is 30.9 Å². The van der Waals surface area contributed by atoms with Crippen LogP contribution in [0.4, 0.5) is 4.39 Å². The first-order chi connectivity index (χ1) is 7.22. The Morgan fingerprint density at radius 1 is 1.67 bits per heavy atom. The summed E-state index contributed by atoms with van der Waals surface area (Å²) < 4.78 is 18.2. The monoisotopic (exact) mass is 210 g/mol. The first-order valence-corrected chi connectivity index (χ1v) is 4.63. The van der Waals surface area contributed by atoms with Crippen LogP contribution in [0.1, 0.15) is 18.0 Å². The first-order valence-electron chi connectivity index (χ1n) is 4.63. The van der Waals surface area contributed by atoms with E-state index in [0.717, 1.165) is 5.56 Å². The van der Waals surface area contributed by atoms with E-state index in [1.165, 1.54) is 13.2 Å². The lowest BCUT2D eigenvalue weighted by Gasteiger charge is -2.14. The van der Waals surface area contributed by atoms with Crippen LogP contribution in [0.3, 0.4) is 0 Å². The van der Waals surface area contributed by atoms with E-state index >= 15 is 0 Å². The van der Waals surface area contributed by atoms with Crippen molar-refractivity contribution < 1.29 is 9.13 Å². The predicted molar refractivity (Wildman–Crippen MR) is 57.8 cm³/mol. The molecule has 0 aliphatic heterocycles. The topological polar surface area (TPSA) is 47.3 Å². The number of benzene rings is 1. The minimum atomic E-state index is -0.390.